The molecule has 2 amide bonds. The molecule has 0 aliphatic carbocycles. The number of nitrogens with zero attached hydrogens (tertiary/aromatic N) is 2. The van der Waals surface area contributed by atoms with Crippen molar-refractivity contribution in [1.29, 1.82) is 0 Å². The summed E-state index contributed by atoms with van der Waals surface area (Å²) in [6.07, 6.45) is 1.97. The zero-order valence-electron chi connectivity index (χ0n) is 11.8. The Morgan fingerprint density at radius 3 is 2.80 bits per heavy atom. The van der Waals surface area contributed by atoms with E-state index in [4.69, 9.17) is 5.11 Å². The number of carbonyl (C=O) groups excluding carboxylic acids is 1. The van der Waals surface area contributed by atoms with E-state index in [0.29, 0.717) is 12.6 Å². The van der Waals surface area contributed by atoms with E-state index in [1.807, 2.05) is 6.92 Å². The Bertz CT molecular complexity index is 377. The molecule has 0 saturated carbocycles. The maximum Gasteiger partial charge on any atom is 0.334 e. The first-order chi connectivity index (χ1) is 9.49. The number of hydrogen-bond donors (Lipinski definition) is 3. The van der Waals surface area contributed by atoms with Crippen molar-refractivity contribution in [2.24, 2.45) is 0 Å². The molecule has 3 atom stereocenters. The summed E-state index contributed by atoms with van der Waals surface area (Å²) in [6, 6.07) is 0.226. The second kappa shape index (κ2) is 6.41. The van der Waals surface area contributed by atoms with Gasteiger partial charge < -0.3 is 20.4 Å². The first-order valence-corrected chi connectivity index (χ1v) is 7.18. The molecule has 2 heterocycles. The van der Waals surface area contributed by atoms with Gasteiger partial charge in [0.2, 0.25) is 0 Å². The van der Waals surface area contributed by atoms with Crippen molar-refractivity contribution in [3.8, 4) is 0 Å². The molecular weight excluding hydrogens is 262 g/mol. The molecule has 2 fully saturated rings. The van der Waals surface area contributed by atoms with Crippen LogP contribution < -0.4 is 5.32 Å². The summed E-state index contributed by atoms with van der Waals surface area (Å²) in [5.41, 5.74) is 0. The standard InChI is InChI=1S/C13H23N3O4/c1-9-7-15-5-3-2-4-10(15)8-16(9)13(20)14-6-11(17)12(18)19/h9-11,17H,2-8H2,1H3,(H,14,20)(H,18,19). The van der Waals surface area contributed by atoms with Crippen LogP contribution in [-0.4, -0.2) is 76.4 Å². The highest BCUT2D eigenvalue weighted by Gasteiger charge is 2.35. The van der Waals surface area contributed by atoms with Crippen LogP contribution in [0.1, 0.15) is 26.2 Å². The fourth-order valence-corrected chi connectivity index (χ4v) is 3.01. The predicted octanol–water partition coefficient (Wildman–Crippen LogP) is -0.300. The molecular formula is C13H23N3O4. The molecule has 2 saturated heterocycles. The number of rotatable bonds is 3. The Morgan fingerprint density at radius 1 is 1.35 bits per heavy atom. The normalized spacial score (nSPS) is 28.6. The smallest absolute Gasteiger partial charge is 0.334 e. The van der Waals surface area contributed by atoms with Crippen LogP contribution in [0.3, 0.4) is 0 Å². The molecule has 3 N–H and O–H groups in total. The predicted molar refractivity (Wildman–Crippen MR) is 72.4 cm³/mol. The fourth-order valence-electron chi connectivity index (χ4n) is 3.01. The third-order valence-electron chi connectivity index (χ3n) is 4.18. The van der Waals surface area contributed by atoms with Gasteiger partial charge in [0.1, 0.15) is 0 Å². The summed E-state index contributed by atoms with van der Waals surface area (Å²) in [5, 5.41) is 20.3. The zero-order valence-corrected chi connectivity index (χ0v) is 11.8. The van der Waals surface area contributed by atoms with Gasteiger partial charge in [0.15, 0.2) is 6.10 Å². The molecule has 20 heavy (non-hydrogen) atoms. The van der Waals surface area contributed by atoms with E-state index in [-0.39, 0.29) is 18.6 Å². The highest BCUT2D eigenvalue weighted by atomic mass is 16.4. The second-order valence-corrected chi connectivity index (χ2v) is 5.69. The minimum absolute atomic E-state index is 0.103. The average Bonchev–Trinajstić information content (AvgIpc) is 2.43. The number of fused-ring (bicyclic) bond motifs is 1. The monoisotopic (exact) mass is 285 g/mol. The Kier molecular flexibility index (Phi) is 4.82. The van der Waals surface area contributed by atoms with E-state index in [1.54, 1.807) is 4.90 Å². The fraction of sp³-hybridized carbons (Fsp3) is 0.846. The average molecular weight is 285 g/mol. The maximum absolute atomic E-state index is 12.1. The summed E-state index contributed by atoms with van der Waals surface area (Å²) in [7, 11) is 0. The van der Waals surface area contributed by atoms with Crippen molar-refractivity contribution in [1.82, 2.24) is 15.1 Å². The van der Waals surface area contributed by atoms with Crippen LogP contribution in [0.5, 0.6) is 0 Å². The van der Waals surface area contributed by atoms with Gasteiger partial charge in [-0.1, -0.05) is 6.42 Å². The number of nitrogens with one attached hydrogen (secondary N) is 1. The molecule has 0 aromatic rings. The van der Waals surface area contributed by atoms with Gasteiger partial charge in [-0.25, -0.2) is 9.59 Å². The van der Waals surface area contributed by atoms with E-state index < -0.39 is 12.1 Å². The number of urea groups is 1. The number of aliphatic hydroxyl groups is 1. The number of carbonyl (C=O) groups is 2. The molecule has 7 heteroatoms. The summed E-state index contributed by atoms with van der Waals surface area (Å²) in [6.45, 7) is 4.38. The number of hydrogen-bond acceptors (Lipinski definition) is 4. The third kappa shape index (κ3) is 3.40. The van der Waals surface area contributed by atoms with E-state index in [0.717, 1.165) is 19.5 Å². The minimum Gasteiger partial charge on any atom is -0.479 e. The number of piperidine rings is 1. The first-order valence-electron chi connectivity index (χ1n) is 7.18. The van der Waals surface area contributed by atoms with Crippen LogP contribution in [0.2, 0.25) is 0 Å². The van der Waals surface area contributed by atoms with Gasteiger partial charge in [0, 0.05) is 25.2 Å². The van der Waals surface area contributed by atoms with Gasteiger partial charge in [-0.2, -0.15) is 0 Å². The molecule has 114 valence electrons. The van der Waals surface area contributed by atoms with Gasteiger partial charge in [0.25, 0.3) is 0 Å². The highest BCUT2D eigenvalue weighted by molar-refractivity contribution is 5.77. The van der Waals surface area contributed by atoms with Gasteiger partial charge in [-0.15, -0.1) is 0 Å². The summed E-state index contributed by atoms with van der Waals surface area (Å²) in [4.78, 5) is 26.8. The van der Waals surface area contributed by atoms with Crippen LogP contribution >= 0.6 is 0 Å². The SMILES string of the molecule is CC1CN2CCCCC2CN1C(=O)NCC(O)C(=O)O. The van der Waals surface area contributed by atoms with Crippen LogP contribution in [0.25, 0.3) is 0 Å². The molecule has 0 aromatic carbocycles. The van der Waals surface area contributed by atoms with Crippen LogP contribution in [0.15, 0.2) is 0 Å². The van der Waals surface area contributed by atoms with Crippen molar-refractivity contribution in [2.75, 3.05) is 26.2 Å². The Hall–Kier alpha value is -1.34. The number of carboxylic acid groups (broad SMARTS) is 1. The Labute approximate surface area is 118 Å². The molecule has 2 aliphatic heterocycles. The maximum atomic E-state index is 12.1. The first kappa shape index (κ1) is 15.1. The van der Waals surface area contributed by atoms with E-state index in [2.05, 4.69) is 10.2 Å². The lowest BCUT2D eigenvalue weighted by atomic mass is 9.97. The Morgan fingerprint density at radius 2 is 2.10 bits per heavy atom. The lowest BCUT2D eigenvalue weighted by Crippen LogP contribution is -2.62. The number of piperazine rings is 1. The quantitative estimate of drug-likeness (QED) is 0.662. The lowest BCUT2D eigenvalue weighted by Gasteiger charge is -2.47. The molecule has 2 aliphatic rings. The lowest BCUT2D eigenvalue weighted by molar-refractivity contribution is -0.146. The van der Waals surface area contributed by atoms with Crippen LogP contribution in [0.4, 0.5) is 4.79 Å². The molecule has 3 unspecified atom stereocenters. The summed E-state index contributed by atoms with van der Waals surface area (Å²) in [5.74, 6) is -1.32. The van der Waals surface area contributed by atoms with Crippen molar-refractivity contribution in [2.45, 2.75) is 44.4 Å². The van der Waals surface area contributed by atoms with Gasteiger partial charge >= 0.3 is 12.0 Å². The van der Waals surface area contributed by atoms with E-state index in [1.165, 1.54) is 12.8 Å². The number of aliphatic hydroxyl groups excluding tert-OH is 1. The van der Waals surface area contributed by atoms with Crippen molar-refractivity contribution < 1.29 is 19.8 Å². The minimum atomic E-state index is -1.55. The molecule has 0 radical (unpaired) electrons. The second-order valence-electron chi connectivity index (χ2n) is 5.69. The largest absolute Gasteiger partial charge is 0.479 e. The molecule has 0 bridgehead atoms. The summed E-state index contributed by atoms with van der Waals surface area (Å²) >= 11 is 0. The van der Waals surface area contributed by atoms with Crippen molar-refractivity contribution >= 4 is 12.0 Å². The number of aliphatic carboxylic acids is 1. The van der Waals surface area contributed by atoms with Crippen LogP contribution in [0, 0.1) is 0 Å². The molecule has 2 rings (SSSR count). The van der Waals surface area contributed by atoms with Gasteiger partial charge in [0.05, 0.1) is 6.54 Å². The van der Waals surface area contributed by atoms with Crippen molar-refractivity contribution in [3.05, 3.63) is 0 Å². The summed E-state index contributed by atoms with van der Waals surface area (Å²) < 4.78 is 0. The van der Waals surface area contributed by atoms with Gasteiger partial charge in [-0.3, -0.25) is 4.90 Å². The topological polar surface area (TPSA) is 93.1 Å². The van der Waals surface area contributed by atoms with E-state index in [9.17, 15) is 14.7 Å². The van der Waals surface area contributed by atoms with E-state index >= 15 is 0 Å². The highest BCUT2D eigenvalue weighted by Crippen LogP contribution is 2.23. The molecule has 0 aromatic heterocycles. The van der Waals surface area contributed by atoms with Crippen LogP contribution in [-0.2, 0) is 4.79 Å². The third-order valence-corrected chi connectivity index (χ3v) is 4.18. The molecule has 7 nitrogen and oxygen atoms in total. The Balaban J connectivity index is 1.87. The zero-order chi connectivity index (χ0) is 14.7. The van der Waals surface area contributed by atoms with Crippen molar-refractivity contribution in [3.63, 3.8) is 0 Å². The number of amides is 2. The number of carboxylic acids is 1. The van der Waals surface area contributed by atoms with Gasteiger partial charge in [-0.05, 0) is 26.3 Å². The molecule has 0 spiro atoms.